The molecule has 1 unspecified atom stereocenters. The summed E-state index contributed by atoms with van der Waals surface area (Å²) in [5.41, 5.74) is 0.744. The summed E-state index contributed by atoms with van der Waals surface area (Å²) in [5, 5.41) is 8.81. The zero-order chi connectivity index (χ0) is 11.5. The predicted octanol–water partition coefficient (Wildman–Crippen LogP) is 2.55. The minimum atomic E-state index is -0.395. The van der Waals surface area contributed by atoms with E-state index < -0.39 is 6.09 Å². The summed E-state index contributed by atoms with van der Waals surface area (Å²) in [5.74, 6) is -0.263. The lowest BCUT2D eigenvalue weighted by Gasteiger charge is -2.29. The minimum absolute atomic E-state index is 0.183. The number of carbonyl (C=O) groups is 1. The van der Waals surface area contributed by atoms with Crippen LogP contribution >= 0.6 is 15.9 Å². The third kappa shape index (κ3) is 2.17. The molecule has 1 atom stereocenters. The molecule has 0 aromatic heterocycles. The van der Waals surface area contributed by atoms with Crippen LogP contribution in [0.25, 0.3) is 0 Å². The van der Waals surface area contributed by atoms with Crippen LogP contribution in [0.5, 0.6) is 0 Å². The number of ether oxygens (including phenoxy) is 1. The van der Waals surface area contributed by atoms with Gasteiger partial charge in [-0.15, -0.1) is 0 Å². The van der Waals surface area contributed by atoms with Crippen LogP contribution < -0.4 is 4.90 Å². The number of benzene rings is 1. The average molecular weight is 281 g/mol. The van der Waals surface area contributed by atoms with Gasteiger partial charge in [0.15, 0.2) is 0 Å². The maximum Gasteiger partial charge on any atom is 0.414 e. The van der Waals surface area contributed by atoms with E-state index in [1.807, 2.05) is 24.3 Å². The third-order valence-electron chi connectivity index (χ3n) is 2.35. The number of nitrogens with zero attached hydrogens (tertiary/aromatic N) is 2. The fourth-order valence-electron chi connectivity index (χ4n) is 1.51. The largest absolute Gasteiger partial charge is 0.448 e. The van der Waals surface area contributed by atoms with E-state index in [0.29, 0.717) is 6.54 Å². The van der Waals surface area contributed by atoms with Crippen LogP contribution in [-0.2, 0) is 4.74 Å². The summed E-state index contributed by atoms with van der Waals surface area (Å²) >= 11 is 3.32. The van der Waals surface area contributed by atoms with Crippen LogP contribution in [0.1, 0.15) is 0 Å². The molecular weight excluding hydrogens is 272 g/mol. The summed E-state index contributed by atoms with van der Waals surface area (Å²) in [7, 11) is 0. The Morgan fingerprint density at radius 1 is 1.44 bits per heavy atom. The quantitative estimate of drug-likeness (QED) is 0.794. The van der Waals surface area contributed by atoms with Crippen molar-refractivity contribution in [2.24, 2.45) is 5.92 Å². The summed E-state index contributed by atoms with van der Waals surface area (Å²) in [4.78, 5) is 13.0. The molecule has 1 saturated heterocycles. The zero-order valence-electron chi connectivity index (χ0n) is 8.39. The highest BCUT2D eigenvalue weighted by Gasteiger charge is 2.27. The molecule has 82 valence electrons. The highest BCUT2D eigenvalue weighted by atomic mass is 79.9. The van der Waals surface area contributed by atoms with Crippen molar-refractivity contribution in [2.75, 3.05) is 18.1 Å². The number of hydrogen-bond donors (Lipinski definition) is 0. The number of halogens is 1. The topological polar surface area (TPSA) is 53.3 Å². The molecule has 0 aliphatic carbocycles. The van der Waals surface area contributed by atoms with Crippen molar-refractivity contribution in [1.82, 2.24) is 0 Å². The van der Waals surface area contributed by atoms with E-state index in [0.717, 1.165) is 10.2 Å². The van der Waals surface area contributed by atoms with Gasteiger partial charge in [0.1, 0.15) is 6.61 Å². The van der Waals surface area contributed by atoms with Crippen LogP contribution in [0.3, 0.4) is 0 Å². The smallest absolute Gasteiger partial charge is 0.414 e. The van der Waals surface area contributed by atoms with Crippen molar-refractivity contribution in [3.63, 3.8) is 0 Å². The maximum atomic E-state index is 11.5. The molecule has 4 nitrogen and oxygen atoms in total. The molecular formula is C11H9BrN2O2. The van der Waals surface area contributed by atoms with E-state index in [1.54, 1.807) is 0 Å². The first-order valence-electron chi connectivity index (χ1n) is 4.80. The van der Waals surface area contributed by atoms with Gasteiger partial charge in [0.2, 0.25) is 0 Å². The van der Waals surface area contributed by atoms with Crippen molar-refractivity contribution in [1.29, 1.82) is 5.26 Å². The van der Waals surface area contributed by atoms with Crippen molar-refractivity contribution < 1.29 is 9.53 Å². The Morgan fingerprint density at radius 3 is 2.75 bits per heavy atom. The van der Waals surface area contributed by atoms with E-state index in [9.17, 15) is 4.79 Å². The molecule has 1 aromatic rings. The van der Waals surface area contributed by atoms with Crippen LogP contribution in [0.15, 0.2) is 28.7 Å². The van der Waals surface area contributed by atoms with Gasteiger partial charge < -0.3 is 4.74 Å². The molecule has 2 rings (SSSR count). The molecule has 0 radical (unpaired) electrons. The standard InChI is InChI=1S/C11H9BrN2O2/c12-9-1-3-10(4-2-9)14-6-8(5-13)7-16-11(14)15/h1-4,8H,6-7H2. The summed E-state index contributed by atoms with van der Waals surface area (Å²) in [6.45, 7) is 0.569. The number of rotatable bonds is 1. The number of carbonyl (C=O) groups excluding carboxylic acids is 1. The Morgan fingerprint density at radius 2 is 2.12 bits per heavy atom. The lowest BCUT2D eigenvalue weighted by Crippen LogP contribution is -2.42. The Labute approximate surface area is 102 Å². The molecule has 1 amide bonds. The second kappa shape index (κ2) is 4.54. The molecule has 0 saturated carbocycles. The first-order valence-corrected chi connectivity index (χ1v) is 5.59. The highest BCUT2D eigenvalue weighted by Crippen LogP contribution is 2.22. The molecule has 1 aliphatic heterocycles. The summed E-state index contributed by atoms with van der Waals surface area (Å²) < 4.78 is 5.87. The lowest BCUT2D eigenvalue weighted by atomic mass is 10.1. The van der Waals surface area contributed by atoms with E-state index >= 15 is 0 Å². The van der Waals surface area contributed by atoms with Gasteiger partial charge in [-0.3, -0.25) is 4.90 Å². The normalized spacial score (nSPS) is 20.1. The van der Waals surface area contributed by atoms with Crippen molar-refractivity contribution in [2.45, 2.75) is 0 Å². The minimum Gasteiger partial charge on any atom is -0.448 e. The first kappa shape index (κ1) is 11.0. The summed E-state index contributed by atoms with van der Waals surface area (Å²) in [6, 6.07) is 9.42. The molecule has 0 bridgehead atoms. The van der Waals surface area contributed by atoms with Gasteiger partial charge in [-0.2, -0.15) is 5.26 Å². The lowest BCUT2D eigenvalue weighted by molar-refractivity contribution is 0.127. The van der Waals surface area contributed by atoms with E-state index in [-0.39, 0.29) is 12.5 Å². The van der Waals surface area contributed by atoms with Gasteiger partial charge in [0, 0.05) is 16.7 Å². The Bertz CT molecular complexity index is 438. The van der Waals surface area contributed by atoms with Crippen molar-refractivity contribution in [3.05, 3.63) is 28.7 Å². The fourth-order valence-corrected chi connectivity index (χ4v) is 1.77. The van der Waals surface area contributed by atoms with Gasteiger partial charge in [-0.1, -0.05) is 15.9 Å². The second-order valence-electron chi connectivity index (χ2n) is 3.49. The van der Waals surface area contributed by atoms with Crippen LogP contribution in [0.2, 0.25) is 0 Å². The predicted molar refractivity (Wildman–Crippen MR) is 61.9 cm³/mol. The van der Waals surface area contributed by atoms with Crippen molar-refractivity contribution >= 4 is 27.7 Å². The van der Waals surface area contributed by atoms with Gasteiger partial charge in [0.05, 0.1) is 12.0 Å². The second-order valence-corrected chi connectivity index (χ2v) is 4.41. The van der Waals surface area contributed by atoms with Gasteiger partial charge >= 0.3 is 6.09 Å². The molecule has 16 heavy (non-hydrogen) atoms. The fraction of sp³-hybridized carbons (Fsp3) is 0.273. The summed E-state index contributed by atoms with van der Waals surface area (Å²) in [6.07, 6.45) is -0.395. The molecule has 1 fully saturated rings. The number of cyclic esters (lactones) is 1. The number of nitriles is 1. The highest BCUT2D eigenvalue weighted by molar-refractivity contribution is 9.10. The van der Waals surface area contributed by atoms with Crippen LogP contribution in [0.4, 0.5) is 10.5 Å². The Kier molecular flexibility index (Phi) is 3.11. The van der Waals surface area contributed by atoms with E-state index in [2.05, 4.69) is 22.0 Å². The van der Waals surface area contributed by atoms with E-state index in [1.165, 1.54) is 4.90 Å². The Hall–Kier alpha value is -1.54. The van der Waals surface area contributed by atoms with Crippen LogP contribution in [-0.4, -0.2) is 19.2 Å². The molecule has 5 heteroatoms. The SMILES string of the molecule is N#CC1COC(=O)N(c2ccc(Br)cc2)C1. The third-order valence-corrected chi connectivity index (χ3v) is 2.88. The zero-order valence-corrected chi connectivity index (χ0v) is 9.98. The van der Waals surface area contributed by atoms with Crippen molar-refractivity contribution in [3.8, 4) is 6.07 Å². The monoisotopic (exact) mass is 280 g/mol. The Balaban J connectivity index is 2.22. The number of amides is 1. The number of anilines is 1. The van der Waals surface area contributed by atoms with E-state index in [4.69, 9.17) is 10.00 Å². The molecule has 1 heterocycles. The number of hydrogen-bond acceptors (Lipinski definition) is 3. The van der Waals surface area contributed by atoms with Crippen LogP contribution in [0, 0.1) is 17.2 Å². The molecule has 0 N–H and O–H groups in total. The maximum absolute atomic E-state index is 11.5. The first-order chi connectivity index (χ1) is 7.70. The van der Waals surface area contributed by atoms with Gasteiger partial charge in [-0.25, -0.2) is 4.79 Å². The molecule has 0 spiro atoms. The van der Waals surface area contributed by atoms with Gasteiger partial charge in [-0.05, 0) is 24.3 Å². The molecule has 1 aromatic carbocycles. The average Bonchev–Trinajstić information content (AvgIpc) is 2.31. The molecule has 1 aliphatic rings. The van der Waals surface area contributed by atoms with Gasteiger partial charge in [0.25, 0.3) is 0 Å².